The highest BCUT2D eigenvalue weighted by atomic mass is 35.5. The van der Waals surface area contributed by atoms with Gasteiger partial charge in [0.05, 0.1) is 0 Å². The summed E-state index contributed by atoms with van der Waals surface area (Å²) in [6.45, 7) is 7.71. The quantitative estimate of drug-likeness (QED) is 0.706. The molecule has 0 radical (unpaired) electrons. The molecular formula is C15H24ClN. The van der Waals surface area contributed by atoms with Gasteiger partial charge in [-0.3, -0.25) is 0 Å². The van der Waals surface area contributed by atoms with Crippen LogP contribution in [0.4, 0.5) is 5.69 Å². The third-order valence-corrected chi connectivity index (χ3v) is 3.26. The van der Waals surface area contributed by atoms with Crippen molar-refractivity contribution in [3.63, 3.8) is 0 Å². The normalized spacial score (nSPS) is 18.8. The fraction of sp³-hybridized carbons (Fsp3) is 0.600. The van der Waals surface area contributed by atoms with E-state index in [1.165, 1.54) is 37.9 Å². The molecule has 2 rings (SSSR count). The molecule has 1 aromatic carbocycles. The summed E-state index contributed by atoms with van der Waals surface area (Å²) in [4.78, 5) is 2.50. The van der Waals surface area contributed by atoms with Crippen molar-refractivity contribution in [1.29, 1.82) is 0 Å². The fourth-order valence-corrected chi connectivity index (χ4v) is 2.36. The van der Waals surface area contributed by atoms with Crippen molar-refractivity contribution in [3.8, 4) is 0 Å². The van der Waals surface area contributed by atoms with Crippen LogP contribution < -0.4 is 4.90 Å². The zero-order valence-corrected chi connectivity index (χ0v) is 12.0. The van der Waals surface area contributed by atoms with Gasteiger partial charge < -0.3 is 4.90 Å². The second-order valence-electron chi connectivity index (χ2n) is 4.58. The van der Waals surface area contributed by atoms with Gasteiger partial charge in [0.25, 0.3) is 0 Å². The highest BCUT2D eigenvalue weighted by Gasteiger charge is 2.22. The summed E-state index contributed by atoms with van der Waals surface area (Å²) >= 11 is 5.87. The summed E-state index contributed by atoms with van der Waals surface area (Å²) in [6.07, 6.45) is 5.14. The van der Waals surface area contributed by atoms with Crippen molar-refractivity contribution in [2.45, 2.75) is 52.5 Å². The lowest BCUT2D eigenvalue weighted by atomic mass is 10.1. The molecule has 0 aliphatic carbocycles. The van der Waals surface area contributed by atoms with E-state index in [1.54, 1.807) is 0 Å². The van der Waals surface area contributed by atoms with Crippen molar-refractivity contribution in [1.82, 2.24) is 0 Å². The van der Waals surface area contributed by atoms with Gasteiger partial charge in [0.15, 0.2) is 0 Å². The van der Waals surface area contributed by atoms with Crippen LogP contribution in [0.1, 0.15) is 46.5 Å². The largest absolute Gasteiger partial charge is 0.369 e. The van der Waals surface area contributed by atoms with Crippen LogP contribution >= 0.6 is 11.6 Å². The van der Waals surface area contributed by atoms with Crippen LogP contribution in [0.3, 0.4) is 0 Å². The number of rotatable bonds is 2. The summed E-state index contributed by atoms with van der Waals surface area (Å²) in [5.41, 5.74) is 1.32. The van der Waals surface area contributed by atoms with E-state index in [4.69, 9.17) is 11.6 Å². The van der Waals surface area contributed by atoms with Gasteiger partial charge in [-0.2, -0.15) is 0 Å². The Labute approximate surface area is 111 Å². The lowest BCUT2D eigenvalue weighted by Crippen LogP contribution is -2.28. The van der Waals surface area contributed by atoms with Gasteiger partial charge >= 0.3 is 0 Å². The number of hydrogen-bond donors (Lipinski definition) is 0. The van der Waals surface area contributed by atoms with E-state index < -0.39 is 0 Å². The Balaban J connectivity index is 0.000000437. The smallest absolute Gasteiger partial charge is 0.0407 e. The summed E-state index contributed by atoms with van der Waals surface area (Å²) in [6, 6.07) is 8.92. The standard InChI is InChI=1S/C12H16ClN.C3H8/c1-2-11-4-3-9-14(11)12-7-5-10(13)6-8-12;1-3-2/h5-8,11H,2-4,9H2,1H3;3H2,1-2H3. The zero-order valence-electron chi connectivity index (χ0n) is 11.2. The maximum atomic E-state index is 5.87. The van der Waals surface area contributed by atoms with E-state index in [2.05, 4.69) is 37.8 Å². The summed E-state index contributed by atoms with van der Waals surface area (Å²) < 4.78 is 0. The number of halogens is 1. The van der Waals surface area contributed by atoms with Gasteiger partial charge in [-0.25, -0.2) is 0 Å². The van der Waals surface area contributed by atoms with E-state index in [0.29, 0.717) is 0 Å². The van der Waals surface area contributed by atoms with Crippen LogP contribution in [0.2, 0.25) is 5.02 Å². The Morgan fingerprint density at radius 1 is 1.18 bits per heavy atom. The van der Waals surface area contributed by atoms with Crippen LogP contribution in [0, 0.1) is 0 Å². The molecular weight excluding hydrogens is 230 g/mol. The second kappa shape index (κ2) is 7.60. The lowest BCUT2D eigenvalue weighted by Gasteiger charge is -2.25. The van der Waals surface area contributed by atoms with Gasteiger partial charge in [0.1, 0.15) is 0 Å². The molecule has 1 aliphatic rings. The molecule has 1 saturated heterocycles. The van der Waals surface area contributed by atoms with Crippen LogP contribution in [0.15, 0.2) is 24.3 Å². The molecule has 0 saturated carbocycles. The number of nitrogens with zero attached hydrogens (tertiary/aromatic N) is 1. The van der Waals surface area contributed by atoms with Crippen LogP contribution in [0.5, 0.6) is 0 Å². The molecule has 0 bridgehead atoms. The maximum absolute atomic E-state index is 5.87. The van der Waals surface area contributed by atoms with Gasteiger partial charge in [-0.1, -0.05) is 38.8 Å². The molecule has 0 N–H and O–H groups in total. The lowest BCUT2D eigenvalue weighted by molar-refractivity contribution is 0.645. The van der Waals surface area contributed by atoms with Crippen molar-refractivity contribution in [3.05, 3.63) is 29.3 Å². The van der Waals surface area contributed by atoms with Crippen LogP contribution in [-0.4, -0.2) is 12.6 Å². The third kappa shape index (κ3) is 4.23. The molecule has 96 valence electrons. The number of hydrogen-bond acceptors (Lipinski definition) is 1. The molecule has 2 heteroatoms. The highest BCUT2D eigenvalue weighted by Crippen LogP contribution is 2.27. The van der Waals surface area contributed by atoms with E-state index in [1.807, 2.05) is 12.1 Å². The first-order valence-electron chi connectivity index (χ1n) is 6.75. The first-order chi connectivity index (χ1) is 8.22. The molecule has 17 heavy (non-hydrogen) atoms. The molecule has 1 fully saturated rings. The van der Waals surface area contributed by atoms with Gasteiger partial charge in [-0.15, -0.1) is 0 Å². The Morgan fingerprint density at radius 2 is 1.76 bits per heavy atom. The van der Waals surface area contributed by atoms with Crippen molar-refractivity contribution in [2.24, 2.45) is 0 Å². The number of benzene rings is 1. The molecule has 0 spiro atoms. The predicted molar refractivity (Wildman–Crippen MR) is 78.1 cm³/mol. The Kier molecular flexibility index (Phi) is 6.43. The van der Waals surface area contributed by atoms with E-state index in [-0.39, 0.29) is 0 Å². The molecule has 1 unspecified atom stereocenters. The van der Waals surface area contributed by atoms with Crippen molar-refractivity contribution < 1.29 is 0 Å². The van der Waals surface area contributed by atoms with Crippen molar-refractivity contribution in [2.75, 3.05) is 11.4 Å². The van der Waals surface area contributed by atoms with Gasteiger partial charge in [0.2, 0.25) is 0 Å². The minimum absolute atomic E-state index is 0.733. The minimum Gasteiger partial charge on any atom is -0.369 e. The molecule has 0 aromatic heterocycles. The Hall–Kier alpha value is -0.690. The highest BCUT2D eigenvalue weighted by molar-refractivity contribution is 6.30. The van der Waals surface area contributed by atoms with Gasteiger partial charge in [0, 0.05) is 23.3 Å². The number of anilines is 1. The van der Waals surface area contributed by atoms with E-state index >= 15 is 0 Å². The molecule has 1 aliphatic heterocycles. The van der Waals surface area contributed by atoms with E-state index in [0.717, 1.165) is 11.1 Å². The summed E-state index contributed by atoms with van der Waals surface area (Å²) in [7, 11) is 0. The fourth-order valence-electron chi connectivity index (χ4n) is 2.23. The summed E-state index contributed by atoms with van der Waals surface area (Å²) in [5, 5.41) is 0.820. The molecule has 1 aromatic rings. The van der Waals surface area contributed by atoms with E-state index in [9.17, 15) is 0 Å². The average molecular weight is 254 g/mol. The topological polar surface area (TPSA) is 3.24 Å². The van der Waals surface area contributed by atoms with Crippen LogP contribution in [-0.2, 0) is 0 Å². The monoisotopic (exact) mass is 253 g/mol. The minimum atomic E-state index is 0.733. The Bertz CT molecular complexity index is 307. The average Bonchev–Trinajstić information content (AvgIpc) is 2.79. The molecule has 1 nitrogen and oxygen atoms in total. The second-order valence-corrected chi connectivity index (χ2v) is 5.02. The van der Waals surface area contributed by atoms with Gasteiger partial charge in [-0.05, 0) is 43.5 Å². The maximum Gasteiger partial charge on any atom is 0.0407 e. The molecule has 1 heterocycles. The molecule has 0 amide bonds. The first-order valence-corrected chi connectivity index (χ1v) is 7.12. The first kappa shape index (κ1) is 14.4. The SMILES string of the molecule is CCC.CCC1CCCN1c1ccc(Cl)cc1. The zero-order chi connectivity index (χ0) is 12.7. The third-order valence-electron chi connectivity index (χ3n) is 3.01. The van der Waals surface area contributed by atoms with Crippen molar-refractivity contribution >= 4 is 17.3 Å². The predicted octanol–water partition coefficient (Wildman–Crippen LogP) is 5.14. The summed E-state index contributed by atoms with van der Waals surface area (Å²) in [5.74, 6) is 0. The molecule has 1 atom stereocenters. The Morgan fingerprint density at radius 3 is 2.29 bits per heavy atom. The van der Waals surface area contributed by atoms with Crippen LogP contribution in [0.25, 0.3) is 0 Å².